The summed E-state index contributed by atoms with van der Waals surface area (Å²) in [5.74, 6) is -0.832. The molecule has 2 aromatic heterocycles. The van der Waals surface area contributed by atoms with E-state index in [0.717, 1.165) is 12.4 Å². The number of carbonyl (C=O) groups is 1. The van der Waals surface area contributed by atoms with Crippen LogP contribution in [0, 0.1) is 5.82 Å². The lowest BCUT2D eigenvalue weighted by atomic mass is 10.4. The molecule has 0 aliphatic heterocycles. The highest BCUT2D eigenvalue weighted by Gasteiger charge is 2.28. The van der Waals surface area contributed by atoms with E-state index < -0.39 is 24.6 Å². The minimum absolute atomic E-state index is 0.0915. The number of hydrogen-bond donors (Lipinski definition) is 2. The van der Waals surface area contributed by atoms with Crippen molar-refractivity contribution >= 4 is 17.5 Å². The number of aromatic nitrogens is 3. The Bertz CT molecular complexity index is 640. The van der Waals surface area contributed by atoms with Crippen molar-refractivity contribution in [3.8, 4) is 0 Å². The fourth-order valence-electron chi connectivity index (χ4n) is 1.45. The molecule has 0 aliphatic carbocycles. The molecule has 0 saturated carbocycles. The van der Waals surface area contributed by atoms with E-state index >= 15 is 0 Å². The highest BCUT2D eigenvalue weighted by Crippen LogP contribution is 2.18. The van der Waals surface area contributed by atoms with Gasteiger partial charge in [-0.3, -0.25) is 15.0 Å². The van der Waals surface area contributed by atoms with Crippen LogP contribution in [0.2, 0.25) is 0 Å². The van der Waals surface area contributed by atoms with Gasteiger partial charge in [-0.25, -0.2) is 9.18 Å². The van der Waals surface area contributed by atoms with E-state index in [4.69, 9.17) is 0 Å². The van der Waals surface area contributed by atoms with E-state index in [1.54, 1.807) is 0 Å². The molecule has 0 fully saturated rings. The van der Waals surface area contributed by atoms with Crippen molar-refractivity contribution in [3.63, 3.8) is 0 Å². The second kappa shape index (κ2) is 5.77. The van der Waals surface area contributed by atoms with Crippen LogP contribution in [-0.2, 0) is 6.54 Å². The lowest BCUT2D eigenvalue weighted by Crippen LogP contribution is -2.21. The molecule has 0 atom stereocenters. The normalized spacial score (nSPS) is 11.2. The van der Waals surface area contributed by atoms with Crippen molar-refractivity contribution in [2.24, 2.45) is 0 Å². The summed E-state index contributed by atoms with van der Waals surface area (Å²) in [5.41, 5.74) is -0.114. The predicted molar refractivity (Wildman–Crippen MR) is 65.1 cm³/mol. The number of rotatable bonds is 3. The lowest BCUT2D eigenvalue weighted by Gasteiger charge is -2.07. The van der Waals surface area contributed by atoms with Gasteiger partial charge in [-0.15, -0.1) is 0 Å². The summed E-state index contributed by atoms with van der Waals surface area (Å²) in [5, 5.41) is 7.89. The minimum atomic E-state index is -4.41. The van der Waals surface area contributed by atoms with Crippen LogP contribution in [0.3, 0.4) is 0 Å². The van der Waals surface area contributed by atoms with Crippen LogP contribution >= 0.6 is 0 Å². The topological polar surface area (TPSA) is 71.8 Å². The van der Waals surface area contributed by atoms with Crippen LogP contribution in [0.4, 0.5) is 33.9 Å². The molecule has 2 aromatic rings. The van der Waals surface area contributed by atoms with Crippen LogP contribution < -0.4 is 10.6 Å². The van der Waals surface area contributed by atoms with Crippen molar-refractivity contribution < 1.29 is 22.4 Å². The van der Waals surface area contributed by atoms with Crippen LogP contribution in [0.15, 0.2) is 30.7 Å². The summed E-state index contributed by atoms with van der Waals surface area (Å²) in [6.07, 6.45) is -1.16. The molecule has 0 radical (unpaired) electrons. The summed E-state index contributed by atoms with van der Waals surface area (Å²) in [7, 11) is 0. The van der Waals surface area contributed by atoms with Crippen molar-refractivity contribution in [1.29, 1.82) is 0 Å². The van der Waals surface area contributed by atoms with Gasteiger partial charge in [0.15, 0.2) is 11.6 Å². The maximum absolute atomic E-state index is 13.2. The molecular formula is C11H9F4N5O. The van der Waals surface area contributed by atoms with Crippen LogP contribution in [-0.4, -0.2) is 27.0 Å². The molecule has 2 N–H and O–H groups in total. The van der Waals surface area contributed by atoms with Gasteiger partial charge >= 0.3 is 12.2 Å². The second-order valence-electron chi connectivity index (χ2n) is 3.95. The summed E-state index contributed by atoms with van der Waals surface area (Å²) in [4.78, 5) is 15.1. The van der Waals surface area contributed by atoms with Gasteiger partial charge in [-0.05, 0) is 6.07 Å². The third kappa shape index (κ3) is 4.44. The quantitative estimate of drug-likeness (QED) is 0.856. The summed E-state index contributed by atoms with van der Waals surface area (Å²) < 4.78 is 50.3. The SMILES string of the molecule is O=C(Nc1ccn(CC(F)(F)F)n1)Nc1ccncc1F. The Morgan fingerprint density at radius 3 is 2.71 bits per heavy atom. The molecule has 2 heterocycles. The lowest BCUT2D eigenvalue weighted by molar-refractivity contribution is -0.142. The third-order valence-corrected chi connectivity index (χ3v) is 2.24. The van der Waals surface area contributed by atoms with E-state index in [0.29, 0.717) is 4.68 Å². The molecule has 2 amide bonds. The Kier molecular flexibility index (Phi) is 4.05. The van der Waals surface area contributed by atoms with Crippen molar-refractivity contribution in [2.75, 3.05) is 10.6 Å². The number of halogens is 4. The Labute approximate surface area is 115 Å². The average Bonchev–Trinajstić information content (AvgIpc) is 2.77. The maximum Gasteiger partial charge on any atom is 0.408 e. The number of nitrogens with zero attached hydrogens (tertiary/aromatic N) is 3. The number of carbonyl (C=O) groups excluding carboxylic acids is 1. The van der Waals surface area contributed by atoms with Gasteiger partial charge in [0.25, 0.3) is 0 Å². The Hall–Kier alpha value is -2.65. The molecule has 0 unspecified atom stereocenters. The molecule has 0 saturated heterocycles. The van der Waals surface area contributed by atoms with Crippen LogP contribution in [0.5, 0.6) is 0 Å². The largest absolute Gasteiger partial charge is 0.408 e. The van der Waals surface area contributed by atoms with Gasteiger partial charge < -0.3 is 5.32 Å². The molecule has 0 aliphatic rings. The molecule has 21 heavy (non-hydrogen) atoms. The van der Waals surface area contributed by atoms with Crippen LogP contribution in [0.1, 0.15) is 0 Å². The van der Waals surface area contributed by atoms with Crippen LogP contribution in [0.25, 0.3) is 0 Å². The minimum Gasteiger partial charge on any atom is -0.305 e. The fraction of sp³-hybridized carbons (Fsp3) is 0.182. The third-order valence-electron chi connectivity index (χ3n) is 2.24. The predicted octanol–water partition coefficient (Wildman–Crippen LogP) is 2.62. The first-order valence-corrected chi connectivity index (χ1v) is 5.61. The van der Waals surface area contributed by atoms with Crippen molar-refractivity contribution in [2.45, 2.75) is 12.7 Å². The first kappa shape index (κ1) is 14.8. The molecule has 10 heteroatoms. The molecule has 0 spiro atoms. The number of nitrogens with one attached hydrogen (secondary N) is 2. The van der Waals surface area contributed by atoms with Crippen molar-refractivity contribution in [3.05, 3.63) is 36.5 Å². The van der Waals surface area contributed by atoms with Gasteiger partial charge in [0.1, 0.15) is 6.54 Å². The van der Waals surface area contributed by atoms with Gasteiger partial charge in [-0.1, -0.05) is 0 Å². The highest BCUT2D eigenvalue weighted by molar-refractivity contribution is 5.99. The second-order valence-corrected chi connectivity index (χ2v) is 3.95. The number of urea groups is 1. The zero-order chi connectivity index (χ0) is 15.5. The van der Waals surface area contributed by atoms with Gasteiger partial charge in [0, 0.05) is 18.5 Å². The van der Waals surface area contributed by atoms with E-state index in [1.165, 1.54) is 18.3 Å². The van der Waals surface area contributed by atoms with E-state index in [1.807, 2.05) is 0 Å². The Morgan fingerprint density at radius 1 is 1.29 bits per heavy atom. The van der Waals surface area contributed by atoms with E-state index in [-0.39, 0.29) is 11.5 Å². The summed E-state index contributed by atoms with van der Waals surface area (Å²) in [6, 6.07) is 1.59. The molecular weight excluding hydrogens is 294 g/mol. The molecule has 6 nitrogen and oxygen atoms in total. The first-order chi connectivity index (χ1) is 9.83. The van der Waals surface area contributed by atoms with Gasteiger partial charge in [0.05, 0.1) is 11.9 Å². The number of pyridine rings is 1. The summed E-state index contributed by atoms with van der Waals surface area (Å²) in [6.45, 7) is -1.27. The molecule has 0 bridgehead atoms. The van der Waals surface area contributed by atoms with E-state index in [9.17, 15) is 22.4 Å². The zero-order valence-corrected chi connectivity index (χ0v) is 10.4. The summed E-state index contributed by atoms with van der Waals surface area (Å²) >= 11 is 0. The Balaban J connectivity index is 1.96. The van der Waals surface area contributed by atoms with E-state index in [2.05, 4.69) is 20.7 Å². The molecule has 0 aromatic carbocycles. The highest BCUT2D eigenvalue weighted by atomic mass is 19.4. The number of anilines is 2. The monoisotopic (exact) mass is 303 g/mol. The maximum atomic E-state index is 13.2. The van der Waals surface area contributed by atoms with Gasteiger partial charge in [0.2, 0.25) is 0 Å². The number of hydrogen-bond acceptors (Lipinski definition) is 3. The smallest absolute Gasteiger partial charge is 0.305 e. The molecule has 2 rings (SSSR count). The van der Waals surface area contributed by atoms with Gasteiger partial charge in [-0.2, -0.15) is 18.3 Å². The molecule has 112 valence electrons. The number of alkyl halides is 3. The fourth-order valence-corrected chi connectivity index (χ4v) is 1.45. The first-order valence-electron chi connectivity index (χ1n) is 5.61. The average molecular weight is 303 g/mol. The number of amides is 2. The zero-order valence-electron chi connectivity index (χ0n) is 10.4. The Morgan fingerprint density at radius 2 is 2.05 bits per heavy atom. The standard InChI is InChI=1S/C11H9F4N5O/c12-7-5-16-3-1-8(7)17-10(21)18-9-2-4-20(19-9)6-11(13,14)15/h1-5H,6H2,(H2,16,17,18,19,21). The van der Waals surface area contributed by atoms with Crippen molar-refractivity contribution in [1.82, 2.24) is 14.8 Å².